The van der Waals surface area contributed by atoms with Gasteiger partial charge in [-0.05, 0) is 25.5 Å². The number of carbonyl (C=O) groups excluding carboxylic acids is 1. The third-order valence-electron chi connectivity index (χ3n) is 3.00. The average Bonchev–Trinajstić information content (AvgIpc) is 2.37. The van der Waals surface area contributed by atoms with Crippen molar-refractivity contribution in [2.24, 2.45) is 0 Å². The second-order valence-electron chi connectivity index (χ2n) is 4.00. The minimum absolute atomic E-state index is 0.139. The zero-order valence-electron chi connectivity index (χ0n) is 10.2. The number of ketones is 1. The van der Waals surface area contributed by atoms with Gasteiger partial charge in [-0.15, -0.1) is 0 Å². The lowest BCUT2D eigenvalue weighted by Gasteiger charge is -2.24. The Morgan fingerprint density at radius 1 is 1.24 bits per heavy atom. The van der Waals surface area contributed by atoms with Crippen LogP contribution in [0.25, 0.3) is 0 Å². The molecular weight excluding hydrogens is 220 g/mol. The molecule has 1 atom stereocenters. The van der Waals surface area contributed by atoms with E-state index in [-0.39, 0.29) is 11.3 Å². The Morgan fingerprint density at radius 2 is 1.71 bits per heavy atom. The lowest BCUT2D eigenvalue weighted by atomic mass is 9.91. The van der Waals surface area contributed by atoms with Crippen molar-refractivity contribution < 1.29 is 19.4 Å². The maximum atomic E-state index is 12.1. The Bertz CT molecular complexity index is 416. The third-order valence-corrected chi connectivity index (χ3v) is 3.00. The fourth-order valence-corrected chi connectivity index (χ4v) is 1.47. The second kappa shape index (κ2) is 5.10. The van der Waals surface area contributed by atoms with Crippen molar-refractivity contribution in [1.29, 1.82) is 0 Å². The third kappa shape index (κ3) is 2.71. The minimum Gasteiger partial charge on any atom is -0.478 e. The van der Waals surface area contributed by atoms with Gasteiger partial charge in [-0.25, -0.2) is 4.79 Å². The molecule has 92 valence electrons. The number of Topliss-reactive ketones (excluding diaryl/α,β-unsaturated/α-hetero) is 1. The molecule has 17 heavy (non-hydrogen) atoms. The summed E-state index contributed by atoms with van der Waals surface area (Å²) in [6.45, 7) is 3.59. The lowest BCUT2D eigenvalue weighted by molar-refractivity contribution is 0.0106. The predicted molar refractivity (Wildman–Crippen MR) is 63.4 cm³/mol. The summed E-state index contributed by atoms with van der Waals surface area (Å²) >= 11 is 0. The summed E-state index contributed by atoms with van der Waals surface area (Å²) < 4.78 is 5.21. The summed E-state index contributed by atoms with van der Waals surface area (Å²) in [7, 11) is 1.49. The second-order valence-corrected chi connectivity index (χ2v) is 4.00. The molecule has 0 aliphatic carbocycles. The van der Waals surface area contributed by atoms with E-state index in [1.165, 1.54) is 31.4 Å². The molecule has 0 spiro atoms. The van der Waals surface area contributed by atoms with Gasteiger partial charge in [-0.3, -0.25) is 4.79 Å². The van der Waals surface area contributed by atoms with E-state index in [2.05, 4.69) is 0 Å². The fraction of sp³-hybridized carbons (Fsp3) is 0.385. The Labute approximate surface area is 100 Å². The Balaban J connectivity index is 3.01. The largest absolute Gasteiger partial charge is 0.478 e. The quantitative estimate of drug-likeness (QED) is 0.797. The number of hydrogen-bond acceptors (Lipinski definition) is 3. The van der Waals surface area contributed by atoms with E-state index >= 15 is 0 Å². The summed E-state index contributed by atoms with van der Waals surface area (Å²) in [4.78, 5) is 22.8. The van der Waals surface area contributed by atoms with Crippen LogP contribution in [0.2, 0.25) is 0 Å². The van der Waals surface area contributed by atoms with E-state index in [4.69, 9.17) is 9.84 Å². The molecule has 1 N–H and O–H groups in total. The van der Waals surface area contributed by atoms with Crippen molar-refractivity contribution in [2.45, 2.75) is 25.9 Å². The molecule has 4 nitrogen and oxygen atoms in total. The van der Waals surface area contributed by atoms with Crippen LogP contribution in [0.3, 0.4) is 0 Å². The molecule has 0 aliphatic heterocycles. The highest BCUT2D eigenvalue weighted by Gasteiger charge is 2.31. The van der Waals surface area contributed by atoms with E-state index in [1.807, 2.05) is 6.92 Å². The van der Waals surface area contributed by atoms with Crippen LogP contribution in [-0.4, -0.2) is 29.6 Å². The molecule has 0 heterocycles. The topological polar surface area (TPSA) is 63.6 Å². The normalized spacial score (nSPS) is 14.1. The Hall–Kier alpha value is -1.68. The predicted octanol–water partition coefficient (Wildman–Crippen LogP) is 2.38. The van der Waals surface area contributed by atoms with E-state index in [1.54, 1.807) is 6.92 Å². The molecule has 1 rings (SSSR count). The molecule has 0 fully saturated rings. The number of benzene rings is 1. The summed E-state index contributed by atoms with van der Waals surface area (Å²) in [6.07, 6.45) is 0.559. The van der Waals surface area contributed by atoms with Crippen molar-refractivity contribution in [3.63, 3.8) is 0 Å². The molecule has 0 saturated carbocycles. The van der Waals surface area contributed by atoms with Gasteiger partial charge in [0.15, 0.2) is 5.78 Å². The van der Waals surface area contributed by atoms with Gasteiger partial charge < -0.3 is 9.84 Å². The first-order valence-electron chi connectivity index (χ1n) is 5.38. The number of carboxylic acids is 1. The van der Waals surface area contributed by atoms with Gasteiger partial charge in [0.05, 0.1) is 5.56 Å². The van der Waals surface area contributed by atoms with Crippen LogP contribution in [0.5, 0.6) is 0 Å². The zero-order chi connectivity index (χ0) is 13.1. The Morgan fingerprint density at radius 3 is 2.06 bits per heavy atom. The van der Waals surface area contributed by atoms with Crippen molar-refractivity contribution in [3.05, 3.63) is 35.4 Å². The van der Waals surface area contributed by atoms with E-state index < -0.39 is 11.6 Å². The van der Waals surface area contributed by atoms with Crippen LogP contribution in [0.15, 0.2) is 24.3 Å². The molecule has 4 heteroatoms. The van der Waals surface area contributed by atoms with Crippen molar-refractivity contribution in [1.82, 2.24) is 0 Å². The number of aromatic carboxylic acids is 1. The molecule has 1 aromatic rings. The smallest absolute Gasteiger partial charge is 0.335 e. The maximum absolute atomic E-state index is 12.1. The van der Waals surface area contributed by atoms with Crippen LogP contribution < -0.4 is 0 Å². The van der Waals surface area contributed by atoms with Crippen LogP contribution in [-0.2, 0) is 4.74 Å². The summed E-state index contributed by atoms with van der Waals surface area (Å²) in [5.41, 5.74) is -0.233. The molecule has 0 bridgehead atoms. The lowest BCUT2D eigenvalue weighted by Crippen LogP contribution is -2.36. The number of methoxy groups -OCH3 is 1. The van der Waals surface area contributed by atoms with Gasteiger partial charge in [0.1, 0.15) is 5.60 Å². The average molecular weight is 236 g/mol. The van der Waals surface area contributed by atoms with Crippen LogP contribution >= 0.6 is 0 Å². The van der Waals surface area contributed by atoms with Gasteiger partial charge in [0, 0.05) is 12.7 Å². The molecular formula is C13H16O4. The number of ether oxygens (including phenoxy) is 1. The van der Waals surface area contributed by atoms with Gasteiger partial charge in [0.2, 0.25) is 0 Å². The van der Waals surface area contributed by atoms with Crippen molar-refractivity contribution in [3.8, 4) is 0 Å². The van der Waals surface area contributed by atoms with Gasteiger partial charge in [-0.1, -0.05) is 19.1 Å². The van der Waals surface area contributed by atoms with Crippen LogP contribution in [0.1, 0.15) is 41.0 Å². The zero-order valence-corrected chi connectivity index (χ0v) is 10.2. The maximum Gasteiger partial charge on any atom is 0.335 e. The first-order valence-corrected chi connectivity index (χ1v) is 5.38. The highest BCUT2D eigenvalue weighted by Crippen LogP contribution is 2.20. The molecule has 0 radical (unpaired) electrons. The van der Waals surface area contributed by atoms with Crippen LogP contribution in [0.4, 0.5) is 0 Å². The van der Waals surface area contributed by atoms with E-state index in [0.29, 0.717) is 12.0 Å². The fourth-order valence-electron chi connectivity index (χ4n) is 1.47. The SMILES string of the molecule is CCC(C)(OC)C(=O)c1ccc(C(=O)O)cc1. The number of rotatable bonds is 5. The van der Waals surface area contributed by atoms with Gasteiger partial charge in [0.25, 0.3) is 0 Å². The highest BCUT2D eigenvalue weighted by molar-refractivity contribution is 6.02. The monoisotopic (exact) mass is 236 g/mol. The molecule has 0 saturated heterocycles. The highest BCUT2D eigenvalue weighted by atomic mass is 16.5. The summed E-state index contributed by atoms with van der Waals surface area (Å²) in [5.74, 6) is -1.14. The van der Waals surface area contributed by atoms with E-state index in [0.717, 1.165) is 0 Å². The molecule has 0 aromatic heterocycles. The number of carboxylic acid groups (broad SMARTS) is 1. The first kappa shape index (κ1) is 13.4. The van der Waals surface area contributed by atoms with Crippen molar-refractivity contribution in [2.75, 3.05) is 7.11 Å². The van der Waals surface area contributed by atoms with E-state index in [9.17, 15) is 9.59 Å². The minimum atomic E-state index is -1.01. The first-order chi connectivity index (χ1) is 7.94. The molecule has 0 aliphatic rings. The Kier molecular flexibility index (Phi) is 4.02. The summed E-state index contributed by atoms with van der Waals surface area (Å²) in [5, 5.41) is 8.76. The molecule has 1 aromatic carbocycles. The van der Waals surface area contributed by atoms with Crippen LogP contribution in [0, 0.1) is 0 Å². The molecule has 1 unspecified atom stereocenters. The van der Waals surface area contributed by atoms with Gasteiger partial charge in [-0.2, -0.15) is 0 Å². The molecule has 0 amide bonds. The summed E-state index contributed by atoms with van der Waals surface area (Å²) in [6, 6.07) is 5.86. The van der Waals surface area contributed by atoms with Gasteiger partial charge >= 0.3 is 5.97 Å². The standard InChI is InChI=1S/C13H16O4/c1-4-13(2,17-3)11(14)9-5-7-10(8-6-9)12(15)16/h5-8H,4H2,1-3H3,(H,15,16). The number of carbonyl (C=O) groups is 2. The van der Waals surface area contributed by atoms with Crippen molar-refractivity contribution >= 4 is 11.8 Å². The number of hydrogen-bond donors (Lipinski definition) is 1.